The zero-order valence-electron chi connectivity index (χ0n) is 11.5. The summed E-state index contributed by atoms with van der Waals surface area (Å²) in [5.41, 5.74) is 6.19. The lowest BCUT2D eigenvalue weighted by Gasteiger charge is -2.45. The maximum atomic E-state index is 13.6. The molecule has 0 spiro atoms. The molecule has 4 heteroatoms. The Morgan fingerprint density at radius 1 is 1.47 bits per heavy atom. The van der Waals surface area contributed by atoms with Crippen molar-refractivity contribution in [1.82, 2.24) is 4.90 Å². The third-order valence-corrected chi connectivity index (χ3v) is 3.88. The van der Waals surface area contributed by atoms with Crippen molar-refractivity contribution in [1.29, 1.82) is 0 Å². The number of carbonyl (C=O) groups excluding carboxylic acids is 1. The zero-order chi connectivity index (χ0) is 14.0. The summed E-state index contributed by atoms with van der Waals surface area (Å²) in [6, 6.07) is 6.44. The van der Waals surface area contributed by atoms with Gasteiger partial charge in [-0.25, -0.2) is 4.39 Å². The first-order valence-electron chi connectivity index (χ1n) is 6.69. The molecule has 1 aromatic carbocycles. The van der Waals surface area contributed by atoms with Gasteiger partial charge >= 0.3 is 0 Å². The topological polar surface area (TPSA) is 46.3 Å². The number of rotatable bonds is 2. The van der Waals surface area contributed by atoms with Crippen molar-refractivity contribution in [2.45, 2.75) is 44.7 Å². The summed E-state index contributed by atoms with van der Waals surface area (Å²) < 4.78 is 13.6. The molecule has 0 aliphatic carbocycles. The van der Waals surface area contributed by atoms with Crippen LogP contribution in [0.15, 0.2) is 24.3 Å². The van der Waals surface area contributed by atoms with Gasteiger partial charge in [-0.05, 0) is 38.3 Å². The summed E-state index contributed by atoms with van der Waals surface area (Å²) in [5, 5.41) is 0. The van der Waals surface area contributed by atoms with E-state index in [1.54, 1.807) is 23.1 Å². The molecular formula is C15H21FN2O. The molecule has 1 amide bonds. The maximum Gasteiger partial charge on any atom is 0.227 e. The highest BCUT2D eigenvalue weighted by Gasteiger charge is 2.35. The van der Waals surface area contributed by atoms with E-state index >= 15 is 0 Å². The zero-order valence-corrected chi connectivity index (χ0v) is 11.5. The standard InChI is InChI=1S/C15H21FN2O/c1-15(2)8-7-12(17)10-18(15)14(19)9-11-5-3-4-6-13(11)16/h3-6,12H,7-10,17H2,1-2H3. The number of piperidine rings is 1. The van der Waals surface area contributed by atoms with Crippen molar-refractivity contribution in [2.24, 2.45) is 5.73 Å². The van der Waals surface area contributed by atoms with Gasteiger partial charge < -0.3 is 10.6 Å². The van der Waals surface area contributed by atoms with Crippen LogP contribution in [0.4, 0.5) is 4.39 Å². The molecule has 1 heterocycles. The summed E-state index contributed by atoms with van der Waals surface area (Å²) in [6.45, 7) is 4.64. The first kappa shape index (κ1) is 14.0. The molecule has 3 nitrogen and oxygen atoms in total. The number of hydrogen-bond donors (Lipinski definition) is 1. The second kappa shape index (κ2) is 5.29. The molecule has 1 aliphatic heterocycles. The summed E-state index contributed by atoms with van der Waals surface area (Å²) >= 11 is 0. The molecule has 1 unspecified atom stereocenters. The fourth-order valence-corrected chi connectivity index (χ4v) is 2.59. The summed E-state index contributed by atoms with van der Waals surface area (Å²) in [7, 11) is 0. The lowest BCUT2D eigenvalue weighted by molar-refractivity contribution is -0.138. The van der Waals surface area contributed by atoms with Gasteiger partial charge in [-0.15, -0.1) is 0 Å². The third kappa shape index (κ3) is 3.13. The van der Waals surface area contributed by atoms with Gasteiger partial charge in [-0.1, -0.05) is 18.2 Å². The van der Waals surface area contributed by atoms with Crippen molar-refractivity contribution < 1.29 is 9.18 Å². The molecule has 1 atom stereocenters. The minimum atomic E-state index is -0.324. The molecule has 1 aromatic rings. The molecule has 0 radical (unpaired) electrons. The van der Waals surface area contributed by atoms with Crippen LogP contribution in [0.5, 0.6) is 0 Å². The number of likely N-dealkylation sites (tertiary alicyclic amines) is 1. The molecule has 0 saturated carbocycles. The van der Waals surface area contributed by atoms with Gasteiger partial charge in [0, 0.05) is 18.1 Å². The van der Waals surface area contributed by atoms with Gasteiger partial charge in [0.05, 0.1) is 6.42 Å². The van der Waals surface area contributed by atoms with Crippen molar-refractivity contribution in [3.05, 3.63) is 35.6 Å². The first-order valence-corrected chi connectivity index (χ1v) is 6.69. The Bertz CT molecular complexity index is 473. The Kier molecular flexibility index (Phi) is 3.90. The third-order valence-electron chi connectivity index (χ3n) is 3.88. The fourth-order valence-electron chi connectivity index (χ4n) is 2.59. The Morgan fingerprint density at radius 2 is 2.16 bits per heavy atom. The normalized spacial score (nSPS) is 22.3. The Balaban J connectivity index is 2.13. The minimum absolute atomic E-state index is 0.0256. The van der Waals surface area contributed by atoms with E-state index in [4.69, 9.17) is 5.73 Å². The van der Waals surface area contributed by atoms with E-state index in [1.165, 1.54) is 6.07 Å². The number of amides is 1. The Morgan fingerprint density at radius 3 is 2.84 bits per heavy atom. The van der Waals surface area contributed by atoms with Crippen molar-refractivity contribution in [3.63, 3.8) is 0 Å². The molecule has 2 rings (SSSR count). The molecule has 2 N–H and O–H groups in total. The molecular weight excluding hydrogens is 243 g/mol. The second-order valence-electron chi connectivity index (χ2n) is 5.88. The lowest BCUT2D eigenvalue weighted by Crippen LogP contribution is -2.57. The molecule has 1 fully saturated rings. The maximum absolute atomic E-state index is 13.6. The number of hydrogen-bond acceptors (Lipinski definition) is 2. The van der Waals surface area contributed by atoms with Crippen LogP contribution in [-0.4, -0.2) is 28.9 Å². The van der Waals surface area contributed by atoms with Gasteiger partial charge in [-0.3, -0.25) is 4.79 Å². The summed E-state index contributed by atoms with van der Waals surface area (Å²) in [5.74, 6) is -0.375. The predicted molar refractivity (Wildman–Crippen MR) is 73.1 cm³/mol. The number of nitrogens with zero attached hydrogens (tertiary/aromatic N) is 1. The van der Waals surface area contributed by atoms with Gasteiger partial charge in [0.2, 0.25) is 5.91 Å². The number of nitrogens with two attached hydrogens (primary N) is 1. The van der Waals surface area contributed by atoms with Crippen LogP contribution in [0, 0.1) is 5.82 Å². The average molecular weight is 264 g/mol. The lowest BCUT2D eigenvalue weighted by atomic mass is 9.88. The van der Waals surface area contributed by atoms with Crippen molar-refractivity contribution in [2.75, 3.05) is 6.54 Å². The molecule has 0 aromatic heterocycles. The van der Waals surface area contributed by atoms with Gasteiger partial charge in [0.25, 0.3) is 0 Å². The van der Waals surface area contributed by atoms with E-state index in [1.807, 2.05) is 13.8 Å². The monoisotopic (exact) mass is 264 g/mol. The molecule has 19 heavy (non-hydrogen) atoms. The highest BCUT2D eigenvalue weighted by atomic mass is 19.1. The van der Waals surface area contributed by atoms with Gasteiger partial charge in [0.1, 0.15) is 5.82 Å². The second-order valence-corrected chi connectivity index (χ2v) is 5.88. The van der Waals surface area contributed by atoms with E-state index < -0.39 is 0 Å². The highest BCUT2D eigenvalue weighted by molar-refractivity contribution is 5.79. The average Bonchev–Trinajstić information content (AvgIpc) is 2.35. The van der Waals surface area contributed by atoms with E-state index in [0.717, 1.165) is 12.8 Å². The SMILES string of the molecule is CC1(C)CCC(N)CN1C(=O)Cc1ccccc1F. The van der Waals surface area contributed by atoms with Gasteiger partial charge in [0.15, 0.2) is 0 Å². The van der Waals surface area contributed by atoms with E-state index in [0.29, 0.717) is 12.1 Å². The van der Waals surface area contributed by atoms with Gasteiger partial charge in [-0.2, -0.15) is 0 Å². The summed E-state index contributed by atoms with van der Waals surface area (Å²) in [4.78, 5) is 14.2. The fraction of sp³-hybridized carbons (Fsp3) is 0.533. The van der Waals surface area contributed by atoms with Crippen LogP contribution in [0.2, 0.25) is 0 Å². The highest BCUT2D eigenvalue weighted by Crippen LogP contribution is 2.27. The predicted octanol–water partition coefficient (Wildman–Crippen LogP) is 2.10. The van der Waals surface area contributed by atoms with Crippen LogP contribution < -0.4 is 5.73 Å². The minimum Gasteiger partial charge on any atom is -0.336 e. The van der Waals surface area contributed by atoms with Crippen LogP contribution in [-0.2, 0) is 11.2 Å². The largest absolute Gasteiger partial charge is 0.336 e. The molecule has 1 saturated heterocycles. The summed E-state index contributed by atoms with van der Waals surface area (Å²) in [6.07, 6.45) is 1.91. The number of benzene rings is 1. The molecule has 1 aliphatic rings. The van der Waals surface area contributed by atoms with Crippen molar-refractivity contribution in [3.8, 4) is 0 Å². The van der Waals surface area contributed by atoms with Crippen LogP contribution in [0.3, 0.4) is 0 Å². The van der Waals surface area contributed by atoms with Crippen LogP contribution >= 0.6 is 0 Å². The van der Waals surface area contributed by atoms with E-state index in [9.17, 15) is 9.18 Å². The Labute approximate surface area is 113 Å². The number of halogens is 1. The van der Waals surface area contributed by atoms with E-state index in [2.05, 4.69) is 0 Å². The van der Waals surface area contributed by atoms with Crippen LogP contribution in [0.25, 0.3) is 0 Å². The Hall–Kier alpha value is -1.42. The van der Waals surface area contributed by atoms with Crippen molar-refractivity contribution >= 4 is 5.91 Å². The van der Waals surface area contributed by atoms with E-state index in [-0.39, 0.29) is 29.7 Å². The number of carbonyl (C=O) groups is 1. The molecule has 0 bridgehead atoms. The molecule has 104 valence electrons. The quantitative estimate of drug-likeness (QED) is 0.889. The smallest absolute Gasteiger partial charge is 0.227 e. The first-order chi connectivity index (χ1) is 8.90. The van der Waals surface area contributed by atoms with Crippen LogP contribution in [0.1, 0.15) is 32.3 Å².